The van der Waals surface area contributed by atoms with Crippen LogP contribution in [0.15, 0.2) is 18.2 Å². The van der Waals surface area contributed by atoms with Gasteiger partial charge in [-0.2, -0.15) is 0 Å². The van der Waals surface area contributed by atoms with E-state index in [9.17, 15) is 4.21 Å². The zero-order valence-electron chi connectivity index (χ0n) is 13.4. The molecule has 2 atom stereocenters. The van der Waals surface area contributed by atoms with Gasteiger partial charge >= 0.3 is 0 Å². The lowest BCUT2D eigenvalue weighted by Gasteiger charge is -2.19. The van der Waals surface area contributed by atoms with Gasteiger partial charge in [-0.1, -0.05) is 56.0 Å². The monoisotopic (exact) mass is 295 g/mol. The molecular weight excluding hydrogens is 266 g/mol. The molecule has 114 valence electrons. The highest BCUT2D eigenvalue weighted by atomic mass is 32.2. The summed E-state index contributed by atoms with van der Waals surface area (Å²) in [5.41, 5.74) is 3.83. The minimum atomic E-state index is -0.729. The Kier molecular flexibility index (Phi) is 8.08. The van der Waals surface area contributed by atoms with E-state index in [2.05, 4.69) is 51.2 Å². The van der Waals surface area contributed by atoms with Crippen LogP contribution in [0.5, 0.6) is 0 Å². The summed E-state index contributed by atoms with van der Waals surface area (Å²) >= 11 is 0. The molecular formula is C17H29NOS. The van der Waals surface area contributed by atoms with Gasteiger partial charge in [0.15, 0.2) is 0 Å². The maximum Gasteiger partial charge on any atom is 0.0436 e. The van der Waals surface area contributed by atoms with Crippen molar-refractivity contribution in [1.82, 2.24) is 5.32 Å². The third-order valence-electron chi connectivity index (χ3n) is 3.43. The highest BCUT2D eigenvalue weighted by molar-refractivity contribution is 7.85. The molecule has 0 fully saturated rings. The standard InChI is InChI=1S/C17H29NOS/c1-5-7-8-9-20(19)13-17(18-6-2)16-11-14(3)10-15(4)12-16/h10-12,17-18H,5-9,13H2,1-4H3. The summed E-state index contributed by atoms with van der Waals surface area (Å²) in [5.74, 6) is 1.56. The van der Waals surface area contributed by atoms with Crippen LogP contribution in [0.25, 0.3) is 0 Å². The van der Waals surface area contributed by atoms with Gasteiger partial charge in [-0.25, -0.2) is 0 Å². The fraction of sp³-hybridized carbons (Fsp3) is 0.647. The van der Waals surface area contributed by atoms with Crippen LogP contribution in [0.2, 0.25) is 0 Å². The number of aryl methyl sites for hydroxylation is 2. The Hall–Kier alpha value is -0.670. The SMILES string of the molecule is CCCCCS(=O)CC(NCC)c1cc(C)cc(C)c1. The third-order valence-corrected chi connectivity index (χ3v) is 4.87. The Morgan fingerprint density at radius 3 is 2.30 bits per heavy atom. The molecule has 0 saturated heterocycles. The van der Waals surface area contributed by atoms with Crippen molar-refractivity contribution in [2.45, 2.75) is 53.0 Å². The summed E-state index contributed by atoms with van der Waals surface area (Å²) < 4.78 is 12.2. The zero-order valence-corrected chi connectivity index (χ0v) is 14.2. The van der Waals surface area contributed by atoms with Crippen LogP contribution in [0.4, 0.5) is 0 Å². The summed E-state index contributed by atoms with van der Waals surface area (Å²) in [6, 6.07) is 6.82. The minimum absolute atomic E-state index is 0.209. The van der Waals surface area contributed by atoms with Crippen LogP contribution in [0, 0.1) is 13.8 Å². The van der Waals surface area contributed by atoms with Crippen LogP contribution in [-0.4, -0.2) is 22.3 Å². The molecule has 3 heteroatoms. The minimum Gasteiger partial charge on any atom is -0.309 e. The van der Waals surface area contributed by atoms with Gasteiger partial charge in [0, 0.05) is 28.3 Å². The van der Waals surface area contributed by atoms with E-state index in [4.69, 9.17) is 0 Å². The van der Waals surface area contributed by atoms with Gasteiger partial charge in [0.2, 0.25) is 0 Å². The van der Waals surface area contributed by atoms with E-state index in [1.165, 1.54) is 29.5 Å². The molecule has 1 N–H and O–H groups in total. The average Bonchev–Trinajstić information content (AvgIpc) is 2.37. The summed E-state index contributed by atoms with van der Waals surface area (Å²) in [7, 11) is -0.729. The first-order chi connectivity index (χ1) is 9.56. The van der Waals surface area contributed by atoms with Gasteiger partial charge in [-0.15, -0.1) is 0 Å². The van der Waals surface area contributed by atoms with Gasteiger partial charge in [-0.3, -0.25) is 4.21 Å². The Balaban J connectivity index is 2.70. The first kappa shape index (κ1) is 17.4. The van der Waals surface area contributed by atoms with Gasteiger partial charge in [-0.05, 0) is 32.4 Å². The van der Waals surface area contributed by atoms with Crippen molar-refractivity contribution in [2.75, 3.05) is 18.1 Å². The van der Waals surface area contributed by atoms with E-state index in [0.717, 1.165) is 24.5 Å². The first-order valence-corrected chi connectivity index (χ1v) is 9.22. The van der Waals surface area contributed by atoms with Crippen molar-refractivity contribution in [3.8, 4) is 0 Å². The molecule has 0 aliphatic rings. The number of rotatable bonds is 9. The number of unbranched alkanes of at least 4 members (excludes halogenated alkanes) is 2. The van der Waals surface area contributed by atoms with Gasteiger partial charge in [0.1, 0.15) is 0 Å². The zero-order chi connectivity index (χ0) is 15.0. The Bertz CT molecular complexity index is 411. The smallest absolute Gasteiger partial charge is 0.0436 e. The molecule has 2 nitrogen and oxygen atoms in total. The molecule has 0 spiro atoms. The summed E-state index contributed by atoms with van der Waals surface area (Å²) in [5, 5.41) is 3.48. The lowest BCUT2D eigenvalue weighted by molar-refractivity contribution is 0.592. The van der Waals surface area contributed by atoms with E-state index in [-0.39, 0.29) is 6.04 Å². The van der Waals surface area contributed by atoms with Crippen molar-refractivity contribution in [3.05, 3.63) is 34.9 Å². The molecule has 0 aliphatic carbocycles. The van der Waals surface area contributed by atoms with E-state index < -0.39 is 10.8 Å². The topological polar surface area (TPSA) is 29.1 Å². The van der Waals surface area contributed by atoms with Crippen LogP contribution < -0.4 is 5.32 Å². The molecule has 1 aromatic carbocycles. The van der Waals surface area contributed by atoms with Crippen molar-refractivity contribution >= 4 is 10.8 Å². The maximum absolute atomic E-state index is 12.2. The first-order valence-electron chi connectivity index (χ1n) is 7.73. The predicted molar refractivity (Wildman–Crippen MR) is 89.7 cm³/mol. The normalized spacial score (nSPS) is 14.2. The van der Waals surface area contributed by atoms with Gasteiger partial charge in [0.05, 0.1) is 0 Å². The maximum atomic E-state index is 12.2. The molecule has 0 aromatic heterocycles. The van der Waals surface area contributed by atoms with E-state index >= 15 is 0 Å². The largest absolute Gasteiger partial charge is 0.309 e. The summed E-state index contributed by atoms with van der Waals surface area (Å²) in [6.07, 6.45) is 3.45. The van der Waals surface area contributed by atoms with Crippen LogP contribution >= 0.6 is 0 Å². The second-order valence-corrected chi connectivity index (χ2v) is 7.17. The predicted octanol–water partition coefficient (Wildman–Crippen LogP) is 3.89. The number of nitrogens with one attached hydrogen (secondary N) is 1. The molecule has 1 aromatic rings. The number of hydrogen-bond donors (Lipinski definition) is 1. The highest BCUT2D eigenvalue weighted by Crippen LogP contribution is 2.18. The molecule has 1 rings (SSSR count). The second-order valence-electron chi connectivity index (χ2n) is 5.55. The van der Waals surface area contributed by atoms with Crippen molar-refractivity contribution in [3.63, 3.8) is 0 Å². The quantitative estimate of drug-likeness (QED) is 0.700. The molecule has 2 unspecified atom stereocenters. The molecule has 20 heavy (non-hydrogen) atoms. The third kappa shape index (κ3) is 6.19. The molecule has 0 bridgehead atoms. The summed E-state index contributed by atoms with van der Waals surface area (Å²) in [4.78, 5) is 0. The molecule has 0 amide bonds. The summed E-state index contributed by atoms with van der Waals surface area (Å²) in [6.45, 7) is 9.44. The van der Waals surface area contributed by atoms with E-state index in [1.54, 1.807) is 0 Å². The Morgan fingerprint density at radius 2 is 1.75 bits per heavy atom. The second kappa shape index (κ2) is 9.30. The molecule has 0 aliphatic heterocycles. The highest BCUT2D eigenvalue weighted by Gasteiger charge is 2.14. The molecule has 0 saturated carbocycles. The van der Waals surface area contributed by atoms with Crippen LogP contribution in [0.3, 0.4) is 0 Å². The van der Waals surface area contributed by atoms with Crippen molar-refractivity contribution in [1.29, 1.82) is 0 Å². The van der Waals surface area contributed by atoms with E-state index in [1.807, 2.05) is 0 Å². The number of hydrogen-bond acceptors (Lipinski definition) is 2. The Labute approximate surface area is 126 Å². The fourth-order valence-electron chi connectivity index (χ4n) is 2.51. The van der Waals surface area contributed by atoms with Crippen molar-refractivity contribution < 1.29 is 4.21 Å². The lowest BCUT2D eigenvalue weighted by Crippen LogP contribution is -2.27. The van der Waals surface area contributed by atoms with Gasteiger partial charge in [0.25, 0.3) is 0 Å². The van der Waals surface area contributed by atoms with E-state index in [0.29, 0.717) is 0 Å². The van der Waals surface area contributed by atoms with Crippen molar-refractivity contribution in [2.24, 2.45) is 0 Å². The van der Waals surface area contributed by atoms with Crippen LogP contribution in [0.1, 0.15) is 55.8 Å². The Morgan fingerprint density at radius 1 is 1.10 bits per heavy atom. The van der Waals surface area contributed by atoms with Gasteiger partial charge < -0.3 is 5.32 Å². The molecule has 0 radical (unpaired) electrons. The lowest BCUT2D eigenvalue weighted by atomic mass is 10.0. The number of benzene rings is 1. The fourth-order valence-corrected chi connectivity index (χ4v) is 3.89. The average molecular weight is 295 g/mol. The van der Waals surface area contributed by atoms with Crippen LogP contribution in [-0.2, 0) is 10.8 Å². The molecule has 0 heterocycles.